The summed E-state index contributed by atoms with van der Waals surface area (Å²) < 4.78 is 36.9. The molecule has 0 bridgehead atoms. The first-order valence-electron chi connectivity index (χ1n) is 12.7. The van der Waals surface area contributed by atoms with E-state index in [-0.39, 0.29) is 36.7 Å². The van der Waals surface area contributed by atoms with Crippen LogP contribution in [-0.4, -0.2) is 92.4 Å². The number of amides is 2. The predicted octanol–water partition coefficient (Wildman–Crippen LogP) is 1.46. The minimum absolute atomic E-state index is 0.0322. The molecule has 2 aromatic rings. The molecule has 2 amide bonds. The highest BCUT2D eigenvalue weighted by Gasteiger charge is 2.53. The zero-order chi connectivity index (χ0) is 26.1. The number of carbonyl (C=O) groups excluding carboxylic acids is 3. The molecule has 3 fully saturated rings. The van der Waals surface area contributed by atoms with E-state index >= 15 is 0 Å². The molecule has 1 aromatic heterocycles. The Morgan fingerprint density at radius 1 is 1.27 bits per heavy atom. The Bertz CT molecular complexity index is 1160. The van der Waals surface area contributed by atoms with Gasteiger partial charge in [0.15, 0.2) is 11.5 Å². The van der Waals surface area contributed by atoms with Gasteiger partial charge >= 0.3 is 0 Å². The maximum atomic E-state index is 14.4. The molecule has 200 valence electrons. The third-order valence-corrected chi connectivity index (χ3v) is 6.87. The van der Waals surface area contributed by atoms with Crippen molar-refractivity contribution < 1.29 is 37.4 Å². The van der Waals surface area contributed by atoms with Crippen molar-refractivity contribution in [3.05, 3.63) is 30.0 Å². The van der Waals surface area contributed by atoms with Gasteiger partial charge in [0, 0.05) is 18.5 Å². The van der Waals surface area contributed by atoms with E-state index in [0.717, 1.165) is 13.1 Å². The standard InChI is InChI=1S/C26H32FN3O7/c1-14(2)7-19(26(33)30-11-18(27)24-23(30)20(31)13-36-24)29-25(32)22-9-15-8-16(3-4-21(15)37-22)35-12-17-10-28-5-6-34-17/h3-4,8-9,14,17-19,23-24,28H,5-7,10-13H2,1-2H3,(H,29,32)/t17?,18-,19-,23+,24+/m0/s1. The monoisotopic (exact) mass is 517 g/mol. The van der Waals surface area contributed by atoms with Crippen LogP contribution in [0.5, 0.6) is 5.75 Å². The minimum atomic E-state index is -1.44. The number of likely N-dealkylation sites (tertiary alicyclic amines) is 1. The van der Waals surface area contributed by atoms with E-state index in [1.54, 1.807) is 24.3 Å². The molecule has 0 aliphatic carbocycles. The van der Waals surface area contributed by atoms with Crippen molar-refractivity contribution in [1.29, 1.82) is 0 Å². The number of morpholine rings is 1. The number of carbonyl (C=O) groups is 3. The van der Waals surface area contributed by atoms with Crippen molar-refractivity contribution in [2.45, 2.75) is 50.7 Å². The van der Waals surface area contributed by atoms with E-state index in [0.29, 0.717) is 36.4 Å². The molecule has 3 aliphatic rings. The average molecular weight is 518 g/mol. The molecule has 5 atom stereocenters. The normalized spacial score (nSPS) is 26.5. The smallest absolute Gasteiger partial charge is 0.287 e. The van der Waals surface area contributed by atoms with Gasteiger partial charge in [0.2, 0.25) is 5.91 Å². The van der Waals surface area contributed by atoms with E-state index < -0.39 is 36.2 Å². The van der Waals surface area contributed by atoms with E-state index in [9.17, 15) is 18.8 Å². The van der Waals surface area contributed by atoms with Crippen LogP contribution in [0.1, 0.15) is 30.8 Å². The Kier molecular flexibility index (Phi) is 7.45. The lowest BCUT2D eigenvalue weighted by Gasteiger charge is -2.28. The van der Waals surface area contributed by atoms with Crippen molar-refractivity contribution in [2.75, 3.05) is 39.5 Å². The quantitative estimate of drug-likeness (QED) is 0.540. The molecule has 4 heterocycles. The lowest BCUT2D eigenvalue weighted by molar-refractivity contribution is -0.138. The largest absolute Gasteiger partial charge is 0.491 e. The molecule has 37 heavy (non-hydrogen) atoms. The molecular formula is C26H32FN3O7. The SMILES string of the molecule is CC(C)C[C@H](NC(=O)c1cc2cc(OCC3CNCCO3)ccc2o1)C(=O)N1C[C@H](F)[C@H]2OCC(=O)[C@H]21. The van der Waals surface area contributed by atoms with Crippen LogP contribution in [0.15, 0.2) is 28.7 Å². The lowest BCUT2D eigenvalue weighted by atomic mass is 10.0. The van der Waals surface area contributed by atoms with E-state index in [1.165, 1.54) is 4.90 Å². The highest BCUT2D eigenvalue weighted by molar-refractivity contribution is 6.00. The summed E-state index contributed by atoms with van der Waals surface area (Å²) in [6.45, 7) is 5.97. The summed E-state index contributed by atoms with van der Waals surface area (Å²) in [4.78, 5) is 40.0. The predicted molar refractivity (Wildman–Crippen MR) is 130 cm³/mol. The molecule has 0 radical (unpaired) electrons. The van der Waals surface area contributed by atoms with Gasteiger partial charge in [0.05, 0.1) is 13.2 Å². The maximum absolute atomic E-state index is 14.4. The Hall–Kier alpha value is -3.02. The van der Waals surface area contributed by atoms with Crippen LogP contribution in [0, 0.1) is 5.92 Å². The van der Waals surface area contributed by atoms with Gasteiger partial charge in [-0.3, -0.25) is 14.4 Å². The number of fused-ring (bicyclic) bond motifs is 2. The van der Waals surface area contributed by atoms with Crippen LogP contribution in [-0.2, 0) is 19.1 Å². The number of ketones is 1. The second kappa shape index (κ2) is 10.8. The number of rotatable bonds is 8. The molecule has 1 aromatic carbocycles. The van der Waals surface area contributed by atoms with Crippen molar-refractivity contribution in [3.8, 4) is 5.75 Å². The summed E-state index contributed by atoms with van der Waals surface area (Å²) in [5, 5.41) is 6.67. The Morgan fingerprint density at radius 3 is 2.86 bits per heavy atom. The van der Waals surface area contributed by atoms with Crippen molar-refractivity contribution in [3.63, 3.8) is 0 Å². The summed E-state index contributed by atoms with van der Waals surface area (Å²) in [5.41, 5.74) is 0.496. The first kappa shape index (κ1) is 25.6. The Labute approximate surface area is 213 Å². The van der Waals surface area contributed by atoms with Crippen LogP contribution in [0.4, 0.5) is 4.39 Å². The first-order valence-corrected chi connectivity index (χ1v) is 12.7. The third kappa shape index (κ3) is 5.48. The summed E-state index contributed by atoms with van der Waals surface area (Å²) in [6, 6.07) is 4.95. The fraction of sp³-hybridized carbons (Fsp3) is 0.577. The number of hydrogen-bond acceptors (Lipinski definition) is 8. The van der Waals surface area contributed by atoms with Gasteiger partial charge in [0.1, 0.15) is 55.0 Å². The molecule has 0 saturated carbocycles. The summed E-state index contributed by atoms with van der Waals surface area (Å²) in [6.07, 6.45) is -2.10. The molecule has 0 spiro atoms. The molecule has 3 aliphatic heterocycles. The highest BCUT2D eigenvalue weighted by Crippen LogP contribution is 2.31. The number of furan rings is 1. The number of halogens is 1. The van der Waals surface area contributed by atoms with Gasteiger partial charge in [0.25, 0.3) is 5.91 Å². The first-order chi connectivity index (χ1) is 17.8. The zero-order valence-electron chi connectivity index (χ0n) is 20.9. The molecule has 10 nitrogen and oxygen atoms in total. The van der Waals surface area contributed by atoms with Gasteiger partial charge in [-0.2, -0.15) is 0 Å². The van der Waals surface area contributed by atoms with Crippen LogP contribution < -0.4 is 15.4 Å². The zero-order valence-corrected chi connectivity index (χ0v) is 20.9. The van der Waals surface area contributed by atoms with Crippen LogP contribution in [0.3, 0.4) is 0 Å². The van der Waals surface area contributed by atoms with Crippen LogP contribution in [0.25, 0.3) is 11.0 Å². The van der Waals surface area contributed by atoms with Gasteiger partial charge in [-0.05, 0) is 36.6 Å². The Morgan fingerprint density at radius 2 is 2.11 bits per heavy atom. The fourth-order valence-electron chi connectivity index (χ4n) is 5.09. The number of ether oxygens (including phenoxy) is 3. The fourth-order valence-corrected chi connectivity index (χ4v) is 5.09. The topological polar surface area (TPSA) is 119 Å². The summed E-state index contributed by atoms with van der Waals surface area (Å²) in [5.74, 6) is -0.674. The number of benzene rings is 1. The molecule has 3 saturated heterocycles. The van der Waals surface area contributed by atoms with Crippen molar-refractivity contribution in [2.24, 2.45) is 5.92 Å². The van der Waals surface area contributed by atoms with Crippen molar-refractivity contribution >= 4 is 28.6 Å². The number of nitrogens with one attached hydrogen (secondary N) is 2. The molecule has 11 heteroatoms. The number of alkyl halides is 1. The second-order valence-electron chi connectivity index (χ2n) is 10.2. The number of Topliss-reactive ketones (excluding diaryl/α,β-unsaturated/α-hetero) is 1. The minimum Gasteiger partial charge on any atom is -0.491 e. The summed E-state index contributed by atoms with van der Waals surface area (Å²) in [7, 11) is 0. The molecular weight excluding hydrogens is 485 g/mol. The number of hydrogen-bond donors (Lipinski definition) is 2. The Balaban J connectivity index is 1.27. The number of nitrogens with zero attached hydrogens (tertiary/aromatic N) is 1. The van der Waals surface area contributed by atoms with E-state index in [4.69, 9.17) is 18.6 Å². The molecule has 1 unspecified atom stereocenters. The molecule has 5 rings (SSSR count). The third-order valence-electron chi connectivity index (χ3n) is 6.87. The van der Waals surface area contributed by atoms with Crippen LogP contribution in [0.2, 0.25) is 0 Å². The molecule has 2 N–H and O–H groups in total. The van der Waals surface area contributed by atoms with Gasteiger partial charge in [-0.25, -0.2) is 4.39 Å². The van der Waals surface area contributed by atoms with E-state index in [1.807, 2.05) is 13.8 Å². The van der Waals surface area contributed by atoms with Gasteiger partial charge < -0.3 is 34.2 Å². The summed E-state index contributed by atoms with van der Waals surface area (Å²) >= 11 is 0. The average Bonchev–Trinajstić information content (AvgIpc) is 3.57. The van der Waals surface area contributed by atoms with Gasteiger partial charge in [-0.1, -0.05) is 13.8 Å². The van der Waals surface area contributed by atoms with Crippen molar-refractivity contribution in [1.82, 2.24) is 15.5 Å². The lowest BCUT2D eigenvalue weighted by Crippen LogP contribution is -2.52. The maximum Gasteiger partial charge on any atom is 0.287 e. The highest BCUT2D eigenvalue weighted by atomic mass is 19.1. The van der Waals surface area contributed by atoms with Gasteiger partial charge in [-0.15, -0.1) is 0 Å². The van der Waals surface area contributed by atoms with Crippen LogP contribution >= 0.6 is 0 Å². The van der Waals surface area contributed by atoms with E-state index in [2.05, 4.69) is 10.6 Å². The second-order valence-corrected chi connectivity index (χ2v) is 10.2.